The van der Waals surface area contributed by atoms with Crippen LogP contribution in [-0.4, -0.2) is 11.9 Å². The number of unbranched alkanes of at least 4 members (excludes halogenated alkanes) is 6. The smallest absolute Gasteiger partial charge is 0.308 e. The van der Waals surface area contributed by atoms with Crippen molar-refractivity contribution in [3.8, 4) is 11.5 Å². The SMILES string of the molecule is CCC/C=C\C/C=C\CCCCCCCc1cc(OC(C)=O)cc(OC(C)=O)c1. The van der Waals surface area contributed by atoms with Crippen LogP contribution in [0, 0.1) is 0 Å². The lowest BCUT2D eigenvalue weighted by molar-refractivity contribution is -0.132. The van der Waals surface area contributed by atoms with Crippen molar-refractivity contribution in [3.05, 3.63) is 48.1 Å². The molecule has 160 valence electrons. The summed E-state index contributed by atoms with van der Waals surface area (Å²) in [6.45, 7) is 4.91. The van der Waals surface area contributed by atoms with Gasteiger partial charge in [0.05, 0.1) is 0 Å². The van der Waals surface area contributed by atoms with E-state index in [-0.39, 0.29) is 11.9 Å². The molecule has 0 saturated heterocycles. The van der Waals surface area contributed by atoms with Crippen molar-refractivity contribution in [2.45, 2.75) is 85.0 Å². The number of hydrogen-bond donors (Lipinski definition) is 0. The molecule has 1 aromatic rings. The van der Waals surface area contributed by atoms with E-state index >= 15 is 0 Å². The third kappa shape index (κ3) is 13.4. The lowest BCUT2D eigenvalue weighted by Gasteiger charge is -2.09. The van der Waals surface area contributed by atoms with Gasteiger partial charge in [-0.2, -0.15) is 0 Å². The molecule has 0 heterocycles. The van der Waals surface area contributed by atoms with Crippen LogP contribution in [0.5, 0.6) is 11.5 Å². The second kappa shape index (κ2) is 15.5. The van der Waals surface area contributed by atoms with Crippen LogP contribution in [0.1, 0.15) is 84.1 Å². The molecule has 0 radical (unpaired) electrons. The maximum Gasteiger partial charge on any atom is 0.308 e. The largest absolute Gasteiger partial charge is 0.427 e. The van der Waals surface area contributed by atoms with Crippen molar-refractivity contribution in [2.75, 3.05) is 0 Å². The summed E-state index contributed by atoms with van der Waals surface area (Å²) in [4.78, 5) is 22.4. The first kappa shape index (κ1) is 24.7. The Morgan fingerprint density at radius 2 is 1.31 bits per heavy atom. The molecule has 0 saturated carbocycles. The number of allylic oxidation sites excluding steroid dienone is 4. The molecule has 0 aliphatic carbocycles. The van der Waals surface area contributed by atoms with Gasteiger partial charge in [-0.3, -0.25) is 9.59 Å². The fourth-order valence-electron chi connectivity index (χ4n) is 3.02. The van der Waals surface area contributed by atoms with Crippen molar-refractivity contribution in [1.29, 1.82) is 0 Å². The third-order valence-electron chi connectivity index (χ3n) is 4.36. The van der Waals surface area contributed by atoms with Gasteiger partial charge in [-0.15, -0.1) is 0 Å². The minimum absolute atomic E-state index is 0.387. The molecule has 0 amide bonds. The highest BCUT2D eigenvalue weighted by atomic mass is 16.5. The standard InChI is InChI=1S/C25H36O4/c1-4-5-6-7-8-9-10-11-12-13-14-15-16-17-23-18-24(28-21(2)26)20-25(19-23)29-22(3)27/h6-7,9-10,18-20H,4-5,8,11-17H2,1-3H3/b7-6-,10-9-. The summed E-state index contributed by atoms with van der Waals surface area (Å²) in [5.74, 6) is 0.0639. The molecule has 1 rings (SSSR count). The van der Waals surface area contributed by atoms with E-state index in [1.807, 2.05) is 12.1 Å². The van der Waals surface area contributed by atoms with Crippen LogP contribution in [0.4, 0.5) is 0 Å². The van der Waals surface area contributed by atoms with Gasteiger partial charge in [0.15, 0.2) is 0 Å². The Morgan fingerprint density at radius 3 is 1.90 bits per heavy atom. The molecule has 0 bridgehead atoms. The fraction of sp³-hybridized carbons (Fsp3) is 0.520. The molecular formula is C25H36O4. The molecule has 0 aliphatic rings. The van der Waals surface area contributed by atoms with Gasteiger partial charge in [0, 0.05) is 19.9 Å². The number of carbonyl (C=O) groups excluding carboxylic acids is 2. The average Bonchev–Trinajstić information content (AvgIpc) is 2.64. The quantitative estimate of drug-likeness (QED) is 0.150. The van der Waals surface area contributed by atoms with Crippen molar-refractivity contribution >= 4 is 11.9 Å². The van der Waals surface area contributed by atoms with Crippen LogP contribution in [0.25, 0.3) is 0 Å². The Hall–Kier alpha value is -2.36. The van der Waals surface area contributed by atoms with Crippen molar-refractivity contribution in [3.63, 3.8) is 0 Å². The van der Waals surface area contributed by atoms with E-state index in [1.54, 1.807) is 6.07 Å². The highest BCUT2D eigenvalue weighted by molar-refractivity contribution is 5.71. The first-order valence-electron chi connectivity index (χ1n) is 10.8. The Morgan fingerprint density at radius 1 is 0.759 bits per heavy atom. The zero-order valence-corrected chi connectivity index (χ0v) is 18.2. The van der Waals surface area contributed by atoms with Crippen molar-refractivity contribution < 1.29 is 19.1 Å². The number of hydrogen-bond acceptors (Lipinski definition) is 4. The molecule has 0 spiro atoms. The number of benzene rings is 1. The fourth-order valence-corrected chi connectivity index (χ4v) is 3.02. The van der Waals surface area contributed by atoms with Gasteiger partial charge < -0.3 is 9.47 Å². The minimum atomic E-state index is -0.387. The molecule has 0 aromatic heterocycles. The number of carbonyl (C=O) groups is 2. The van der Waals surface area contributed by atoms with Crippen LogP contribution >= 0.6 is 0 Å². The van der Waals surface area contributed by atoms with E-state index in [4.69, 9.17) is 9.47 Å². The van der Waals surface area contributed by atoms with Crippen molar-refractivity contribution in [1.82, 2.24) is 0 Å². The predicted molar refractivity (Wildman–Crippen MR) is 118 cm³/mol. The number of ether oxygens (including phenoxy) is 2. The zero-order valence-electron chi connectivity index (χ0n) is 18.2. The van der Waals surface area contributed by atoms with Gasteiger partial charge in [-0.1, -0.05) is 56.9 Å². The second-order valence-electron chi connectivity index (χ2n) is 7.27. The lowest BCUT2D eigenvalue weighted by Crippen LogP contribution is -2.05. The molecular weight excluding hydrogens is 364 g/mol. The molecule has 29 heavy (non-hydrogen) atoms. The van der Waals surface area contributed by atoms with Gasteiger partial charge >= 0.3 is 11.9 Å². The maximum atomic E-state index is 11.2. The van der Waals surface area contributed by atoms with Crippen LogP contribution in [0.2, 0.25) is 0 Å². The summed E-state index contributed by atoms with van der Waals surface area (Å²) < 4.78 is 10.3. The van der Waals surface area contributed by atoms with Gasteiger partial charge in [-0.05, 0) is 56.2 Å². The van der Waals surface area contributed by atoms with Crippen LogP contribution in [0.3, 0.4) is 0 Å². The molecule has 4 nitrogen and oxygen atoms in total. The zero-order chi connectivity index (χ0) is 21.3. The van der Waals surface area contributed by atoms with E-state index in [2.05, 4.69) is 31.2 Å². The van der Waals surface area contributed by atoms with E-state index in [0.717, 1.165) is 37.7 Å². The predicted octanol–water partition coefficient (Wildman–Crippen LogP) is 6.72. The van der Waals surface area contributed by atoms with Gasteiger partial charge in [0.1, 0.15) is 11.5 Å². The summed E-state index contributed by atoms with van der Waals surface area (Å²) in [6.07, 6.45) is 20.4. The Kier molecular flexibility index (Phi) is 13.2. The summed E-state index contributed by atoms with van der Waals surface area (Å²) in [6, 6.07) is 5.25. The molecule has 0 N–H and O–H groups in total. The number of aryl methyl sites for hydroxylation is 1. The first-order chi connectivity index (χ1) is 14.0. The van der Waals surface area contributed by atoms with E-state index < -0.39 is 0 Å². The second-order valence-corrected chi connectivity index (χ2v) is 7.27. The maximum absolute atomic E-state index is 11.2. The minimum Gasteiger partial charge on any atom is -0.427 e. The number of esters is 2. The normalized spacial score (nSPS) is 11.3. The first-order valence-corrected chi connectivity index (χ1v) is 10.8. The molecule has 0 fully saturated rings. The molecule has 0 unspecified atom stereocenters. The highest BCUT2D eigenvalue weighted by Gasteiger charge is 2.07. The number of rotatable bonds is 14. The third-order valence-corrected chi connectivity index (χ3v) is 4.36. The van der Waals surface area contributed by atoms with Gasteiger partial charge in [-0.25, -0.2) is 0 Å². The summed E-state index contributed by atoms with van der Waals surface area (Å²) in [5.41, 5.74) is 1.01. The monoisotopic (exact) mass is 400 g/mol. The van der Waals surface area contributed by atoms with Gasteiger partial charge in [0.25, 0.3) is 0 Å². The summed E-state index contributed by atoms with van der Waals surface area (Å²) in [7, 11) is 0. The van der Waals surface area contributed by atoms with E-state index in [0.29, 0.717) is 11.5 Å². The summed E-state index contributed by atoms with van der Waals surface area (Å²) >= 11 is 0. The van der Waals surface area contributed by atoms with Crippen molar-refractivity contribution in [2.24, 2.45) is 0 Å². The lowest BCUT2D eigenvalue weighted by atomic mass is 10.0. The van der Waals surface area contributed by atoms with E-state index in [1.165, 1.54) is 46.0 Å². The molecule has 1 aromatic carbocycles. The van der Waals surface area contributed by atoms with Gasteiger partial charge in [0.2, 0.25) is 0 Å². The molecule has 4 heteroatoms. The van der Waals surface area contributed by atoms with Crippen LogP contribution in [-0.2, 0) is 16.0 Å². The topological polar surface area (TPSA) is 52.6 Å². The Labute approximate surface area is 176 Å². The molecule has 0 atom stereocenters. The molecule has 0 aliphatic heterocycles. The highest BCUT2D eigenvalue weighted by Crippen LogP contribution is 2.25. The van der Waals surface area contributed by atoms with Crippen LogP contribution in [0.15, 0.2) is 42.5 Å². The summed E-state index contributed by atoms with van der Waals surface area (Å²) in [5, 5.41) is 0. The average molecular weight is 401 g/mol. The van der Waals surface area contributed by atoms with Crippen LogP contribution < -0.4 is 9.47 Å². The Balaban J connectivity index is 2.27. The Bertz CT molecular complexity index is 639. The van der Waals surface area contributed by atoms with E-state index in [9.17, 15) is 9.59 Å².